The number of carbonyl (C=O) groups is 1. The summed E-state index contributed by atoms with van der Waals surface area (Å²) in [7, 11) is 0. The normalized spacial score (nSPS) is 10.9. The molecule has 4 nitrogen and oxygen atoms in total. The highest BCUT2D eigenvalue weighted by molar-refractivity contribution is 6.36. The van der Waals surface area contributed by atoms with Gasteiger partial charge in [0.15, 0.2) is 0 Å². The molecule has 0 amide bonds. The van der Waals surface area contributed by atoms with Crippen molar-refractivity contribution in [3.63, 3.8) is 0 Å². The highest BCUT2D eigenvalue weighted by Crippen LogP contribution is 2.30. The zero-order chi connectivity index (χ0) is 20.5. The van der Waals surface area contributed by atoms with E-state index in [9.17, 15) is 14.0 Å². The standard InChI is InChI=1S/C22H11Cl2FO4/c23-12-5-7-14(18(24)9-12)17-11-28-20-10-13(6-8-16(20)21(17)26)29-22(27)15-3-1-2-4-19(15)25/h1-11H. The Kier molecular flexibility index (Phi) is 5.09. The summed E-state index contributed by atoms with van der Waals surface area (Å²) in [5.41, 5.74) is 0.476. The van der Waals surface area contributed by atoms with Crippen molar-refractivity contribution in [2.75, 3.05) is 0 Å². The molecular formula is C22H11Cl2FO4. The summed E-state index contributed by atoms with van der Waals surface area (Å²) >= 11 is 12.1. The van der Waals surface area contributed by atoms with Crippen molar-refractivity contribution >= 4 is 40.1 Å². The topological polar surface area (TPSA) is 56.5 Å². The van der Waals surface area contributed by atoms with Gasteiger partial charge in [-0.3, -0.25) is 4.79 Å². The Morgan fingerprint density at radius 3 is 2.52 bits per heavy atom. The van der Waals surface area contributed by atoms with Gasteiger partial charge in [0, 0.05) is 16.7 Å². The zero-order valence-electron chi connectivity index (χ0n) is 14.6. The minimum Gasteiger partial charge on any atom is -0.463 e. The van der Waals surface area contributed by atoms with Crippen molar-refractivity contribution in [2.24, 2.45) is 0 Å². The second-order valence-electron chi connectivity index (χ2n) is 6.13. The van der Waals surface area contributed by atoms with Crippen LogP contribution in [-0.4, -0.2) is 5.97 Å². The van der Waals surface area contributed by atoms with Crippen molar-refractivity contribution in [1.29, 1.82) is 0 Å². The predicted molar refractivity (Wildman–Crippen MR) is 109 cm³/mol. The smallest absolute Gasteiger partial charge is 0.346 e. The van der Waals surface area contributed by atoms with Crippen molar-refractivity contribution in [3.8, 4) is 16.9 Å². The lowest BCUT2D eigenvalue weighted by Crippen LogP contribution is -2.11. The Morgan fingerprint density at radius 2 is 1.76 bits per heavy atom. The van der Waals surface area contributed by atoms with Crippen LogP contribution in [-0.2, 0) is 0 Å². The third kappa shape index (κ3) is 3.75. The Hall–Kier alpha value is -3.15. The van der Waals surface area contributed by atoms with Gasteiger partial charge in [-0.15, -0.1) is 0 Å². The predicted octanol–water partition coefficient (Wildman–Crippen LogP) is 6.13. The van der Waals surface area contributed by atoms with Crippen molar-refractivity contribution in [3.05, 3.63) is 98.6 Å². The third-order valence-electron chi connectivity index (χ3n) is 4.27. The van der Waals surface area contributed by atoms with Gasteiger partial charge in [-0.2, -0.15) is 0 Å². The molecular weight excluding hydrogens is 418 g/mol. The monoisotopic (exact) mass is 428 g/mol. The molecule has 0 fully saturated rings. The average Bonchev–Trinajstić information content (AvgIpc) is 2.69. The first-order valence-electron chi connectivity index (χ1n) is 8.42. The van der Waals surface area contributed by atoms with Crippen LogP contribution in [0.5, 0.6) is 5.75 Å². The molecule has 0 radical (unpaired) electrons. The summed E-state index contributed by atoms with van der Waals surface area (Å²) in [6.45, 7) is 0. The molecule has 7 heteroatoms. The first-order valence-corrected chi connectivity index (χ1v) is 9.17. The number of ether oxygens (including phenoxy) is 1. The van der Waals surface area contributed by atoms with Gasteiger partial charge in [-0.1, -0.05) is 41.4 Å². The Morgan fingerprint density at radius 1 is 0.966 bits per heavy atom. The van der Waals surface area contributed by atoms with E-state index in [1.165, 1.54) is 54.8 Å². The Labute approximate surface area is 174 Å². The molecule has 0 aliphatic heterocycles. The lowest BCUT2D eigenvalue weighted by Gasteiger charge is -2.08. The van der Waals surface area contributed by atoms with Crippen LogP contribution in [0.2, 0.25) is 10.0 Å². The van der Waals surface area contributed by atoms with Gasteiger partial charge >= 0.3 is 5.97 Å². The molecule has 1 heterocycles. The lowest BCUT2D eigenvalue weighted by atomic mass is 10.1. The fourth-order valence-electron chi connectivity index (χ4n) is 2.85. The van der Waals surface area contributed by atoms with Crippen LogP contribution >= 0.6 is 23.2 Å². The number of hydrogen-bond acceptors (Lipinski definition) is 4. The van der Waals surface area contributed by atoms with Crippen molar-refractivity contribution < 1.29 is 18.3 Å². The quantitative estimate of drug-likeness (QED) is 0.291. The molecule has 0 atom stereocenters. The van der Waals surface area contributed by atoms with E-state index >= 15 is 0 Å². The van der Waals surface area contributed by atoms with E-state index < -0.39 is 11.8 Å². The summed E-state index contributed by atoms with van der Waals surface area (Å²) in [6, 6.07) is 14.6. The van der Waals surface area contributed by atoms with Gasteiger partial charge in [-0.05, 0) is 36.4 Å². The fraction of sp³-hybridized carbons (Fsp3) is 0. The molecule has 4 rings (SSSR count). The largest absolute Gasteiger partial charge is 0.463 e. The summed E-state index contributed by atoms with van der Waals surface area (Å²) < 4.78 is 24.5. The summed E-state index contributed by atoms with van der Waals surface area (Å²) in [6.07, 6.45) is 1.28. The molecule has 3 aromatic carbocycles. The second kappa shape index (κ2) is 7.70. The highest BCUT2D eigenvalue weighted by Gasteiger charge is 2.16. The van der Waals surface area contributed by atoms with E-state index in [0.29, 0.717) is 15.6 Å². The van der Waals surface area contributed by atoms with Crippen molar-refractivity contribution in [1.82, 2.24) is 0 Å². The van der Waals surface area contributed by atoms with Crippen LogP contribution in [0.4, 0.5) is 4.39 Å². The molecule has 0 unspecified atom stereocenters. The number of esters is 1. The lowest BCUT2D eigenvalue weighted by molar-refractivity contribution is 0.0730. The maximum atomic E-state index is 13.7. The number of rotatable bonds is 3. The van der Waals surface area contributed by atoms with Crippen LogP contribution in [0.15, 0.2) is 76.1 Å². The minimum atomic E-state index is -0.852. The van der Waals surface area contributed by atoms with Gasteiger partial charge in [0.2, 0.25) is 5.43 Å². The van der Waals surface area contributed by atoms with Gasteiger partial charge in [-0.25, -0.2) is 9.18 Å². The molecule has 0 saturated carbocycles. The van der Waals surface area contributed by atoms with Crippen LogP contribution in [0.25, 0.3) is 22.1 Å². The zero-order valence-corrected chi connectivity index (χ0v) is 16.1. The van der Waals surface area contributed by atoms with Gasteiger partial charge < -0.3 is 9.15 Å². The highest BCUT2D eigenvalue weighted by atomic mass is 35.5. The van der Waals surface area contributed by atoms with E-state index in [0.717, 1.165) is 0 Å². The fourth-order valence-corrected chi connectivity index (χ4v) is 3.37. The van der Waals surface area contributed by atoms with E-state index in [1.807, 2.05) is 0 Å². The van der Waals surface area contributed by atoms with E-state index in [2.05, 4.69) is 0 Å². The number of fused-ring (bicyclic) bond motifs is 1. The molecule has 0 N–H and O–H groups in total. The number of benzene rings is 3. The van der Waals surface area contributed by atoms with E-state index in [1.54, 1.807) is 12.1 Å². The van der Waals surface area contributed by atoms with Crippen LogP contribution in [0.3, 0.4) is 0 Å². The molecule has 29 heavy (non-hydrogen) atoms. The number of hydrogen-bond donors (Lipinski definition) is 0. The van der Waals surface area contributed by atoms with Gasteiger partial charge in [0.1, 0.15) is 23.4 Å². The summed E-state index contributed by atoms with van der Waals surface area (Å²) in [5.74, 6) is -1.42. The van der Waals surface area contributed by atoms with E-state index in [4.69, 9.17) is 32.4 Å². The molecule has 1 aromatic heterocycles. The van der Waals surface area contributed by atoms with Crippen LogP contribution in [0.1, 0.15) is 10.4 Å². The molecule has 144 valence electrons. The van der Waals surface area contributed by atoms with Gasteiger partial charge in [0.25, 0.3) is 0 Å². The maximum absolute atomic E-state index is 13.7. The minimum absolute atomic E-state index is 0.117. The molecule has 0 spiro atoms. The molecule has 0 saturated heterocycles. The first kappa shape index (κ1) is 19.2. The summed E-state index contributed by atoms with van der Waals surface area (Å²) in [4.78, 5) is 25.0. The van der Waals surface area contributed by atoms with Gasteiger partial charge in [0.05, 0.1) is 21.5 Å². The third-order valence-corrected chi connectivity index (χ3v) is 4.82. The maximum Gasteiger partial charge on any atom is 0.346 e. The summed E-state index contributed by atoms with van der Waals surface area (Å²) in [5, 5.41) is 1.05. The molecule has 4 aromatic rings. The van der Waals surface area contributed by atoms with Crippen LogP contribution in [0, 0.1) is 5.82 Å². The first-order chi connectivity index (χ1) is 13.9. The van der Waals surface area contributed by atoms with Crippen LogP contribution < -0.4 is 10.2 Å². The number of carbonyl (C=O) groups excluding carboxylic acids is 1. The van der Waals surface area contributed by atoms with Crippen molar-refractivity contribution in [2.45, 2.75) is 0 Å². The SMILES string of the molecule is O=C(Oc1ccc2c(=O)c(-c3ccc(Cl)cc3Cl)coc2c1)c1ccccc1F. The molecule has 0 aliphatic rings. The average molecular weight is 429 g/mol. The Bertz CT molecular complexity index is 1310. The molecule has 0 aliphatic carbocycles. The second-order valence-corrected chi connectivity index (χ2v) is 6.97. The molecule has 0 bridgehead atoms. The Balaban J connectivity index is 1.70. The number of halogens is 3. The van der Waals surface area contributed by atoms with E-state index in [-0.39, 0.29) is 33.3 Å².